The largest absolute Gasteiger partial charge is 0.351 e. The van der Waals surface area contributed by atoms with Crippen molar-refractivity contribution in [3.63, 3.8) is 0 Å². The first kappa shape index (κ1) is 16.8. The lowest BCUT2D eigenvalue weighted by Gasteiger charge is -2.24. The molecule has 126 valence electrons. The van der Waals surface area contributed by atoms with E-state index >= 15 is 0 Å². The van der Waals surface area contributed by atoms with Crippen LogP contribution in [0.5, 0.6) is 0 Å². The Kier molecular flexibility index (Phi) is 4.03. The van der Waals surface area contributed by atoms with Crippen LogP contribution in [0.4, 0.5) is 0 Å². The number of carbonyl (C=O) groups is 1. The van der Waals surface area contributed by atoms with Crippen LogP contribution in [0.2, 0.25) is 0 Å². The van der Waals surface area contributed by atoms with Gasteiger partial charge in [0.2, 0.25) is 5.91 Å². The minimum Gasteiger partial charge on any atom is -0.351 e. The van der Waals surface area contributed by atoms with Gasteiger partial charge in [-0.1, -0.05) is 59.7 Å². The van der Waals surface area contributed by atoms with Crippen molar-refractivity contribution >= 4 is 5.91 Å². The molecule has 1 amide bonds. The number of hydrogen-bond acceptors (Lipinski definition) is 1. The van der Waals surface area contributed by atoms with Crippen molar-refractivity contribution in [2.75, 3.05) is 0 Å². The summed E-state index contributed by atoms with van der Waals surface area (Å²) >= 11 is 0. The molecule has 2 heteroatoms. The Morgan fingerprint density at radius 3 is 1.92 bits per heavy atom. The van der Waals surface area contributed by atoms with Crippen LogP contribution in [0, 0.1) is 19.8 Å². The van der Waals surface area contributed by atoms with Gasteiger partial charge in [0.1, 0.15) is 0 Å². The van der Waals surface area contributed by atoms with E-state index in [1.54, 1.807) is 0 Å². The van der Waals surface area contributed by atoms with Crippen molar-refractivity contribution in [2.45, 2.75) is 52.0 Å². The zero-order valence-electron chi connectivity index (χ0n) is 15.3. The Balaban J connectivity index is 2.03. The molecule has 0 radical (unpaired) electrons. The fourth-order valence-corrected chi connectivity index (χ4v) is 3.69. The topological polar surface area (TPSA) is 29.1 Å². The van der Waals surface area contributed by atoms with Gasteiger partial charge in [-0.25, -0.2) is 0 Å². The summed E-state index contributed by atoms with van der Waals surface area (Å²) in [4.78, 5) is 12.8. The summed E-state index contributed by atoms with van der Waals surface area (Å²) in [6, 6.07) is 17.2. The van der Waals surface area contributed by atoms with Gasteiger partial charge in [0.25, 0.3) is 0 Å². The maximum Gasteiger partial charge on any atom is 0.224 e. The van der Waals surface area contributed by atoms with Crippen LogP contribution in [-0.4, -0.2) is 11.4 Å². The lowest BCUT2D eigenvalue weighted by molar-refractivity contribution is -0.124. The Labute approximate surface area is 145 Å². The second kappa shape index (κ2) is 5.77. The van der Waals surface area contributed by atoms with Gasteiger partial charge in [-0.2, -0.15) is 0 Å². The van der Waals surface area contributed by atoms with E-state index in [0.29, 0.717) is 0 Å². The molecule has 1 aliphatic carbocycles. The van der Waals surface area contributed by atoms with E-state index in [4.69, 9.17) is 0 Å². The Hall–Kier alpha value is -2.09. The molecule has 3 rings (SSSR count). The molecule has 1 fully saturated rings. The lowest BCUT2D eigenvalue weighted by atomic mass is 9.84. The Morgan fingerprint density at radius 1 is 1.00 bits per heavy atom. The Bertz CT molecular complexity index is 724. The molecule has 0 aliphatic heterocycles. The minimum atomic E-state index is -0.204. The monoisotopic (exact) mass is 321 g/mol. The van der Waals surface area contributed by atoms with Crippen LogP contribution in [-0.2, 0) is 10.2 Å². The van der Waals surface area contributed by atoms with Gasteiger partial charge < -0.3 is 5.32 Å². The number of aryl methyl sites for hydroxylation is 2. The van der Waals surface area contributed by atoms with E-state index < -0.39 is 0 Å². The number of hydrogen-bond donors (Lipinski definition) is 1. The normalized spacial score (nSPS) is 19.0. The molecule has 1 N–H and O–H groups in total. The van der Waals surface area contributed by atoms with Crippen LogP contribution in [0.25, 0.3) is 0 Å². The van der Waals surface area contributed by atoms with Gasteiger partial charge in [-0.15, -0.1) is 0 Å². The van der Waals surface area contributed by atoms with E-state index in [9.17, 15) is 4.79 Å². The fraction of sp³-hybridized carbons (Fsp3) is 0.409. The Morgan fingerprint density at radius 2 is 1.50 bits per heavy atom. The van der Waals surface area contributed by atoms with Gasteiger partial charge in [0.05, 0.1) is 5.92 Å². The number of rotatable bonds is 3. The van der Waals surface area contributed by atoms with E-state index in [2.05, 4.69) is 67.7 Å². The summed E-state index contributed by atoms with van der Waals surface area (Å²) in [5.41, 5.74) is 4.59. The van der Waals surface area contributed by atoms with Gasteiger partial charge in [0, 0.05) is 11.0 Å². The molecule has 2 nitrogen and oxygen atoms in total. The summed E-state index contributed by atoms with van der Waals surface area (Å²) in [6.07, 6.45) is 0.877. The predicted molar refractivity (Wildman–Crippen MR) is 99.1 cm³/mol. The molecule has 0 bridgehead atoms. The standard InChI is InChI=1S/C22H27NO/c1-15-8-6-10-17(12-15)22(18-11-7-9-16(2)13-18)14-19(22)20(24)23-21(3,4)5/h6-13,19H,14H2,1-5H3,(H,23,24)/t19-/m0/s1. The molecule has 0 saturated heterocycles. The van der Waals surface area contributed by atoms with Crippen molar-refractivity contribution in [1.82, 2.24) is 5.32 Å². The first-order valence-electron chi connectivity index (χ1n) is 8.69. The van der Waals surface area contributed by atoms with Crippen LogP contribution >= 0.6 is 0 Å². The van der Waals surface area contributed by atoms with E-state index in [1.165, 1.54) is 22.3 Å². The first-order chi connectivity index (χ1) is 11.2. The first-order valence-corrected chi connectivity index (χ1v) is 8.69. The summed E-state index contributed by atoms with van der Waals surface area (Å²) < 4.78 is 0. The van der Waals surface area contributed by atoms with Crippen molar-refractivity contribution in [3.05, 3.63) is 70.8 Å². The van der Waals surface area contributed by atoms with Crippen LogP contribution in [0.1, 0.15) is 49.4 Å². The summed E-state index contributed by atoms with van der Waals surface area (Å²) in [6.45, 7) is 10.3. The lowest BCUT2D eigenvalue weighted by Crippen LogP contribution is -2.42. The number of amides is 1. The second-order valence-corrected chi connectivity index (χ2v) is 8.21. The third kappa shape index (κ3) is 3.10. The summed E-state index contributed by atoms with van der Waals surface area (Å²) in [5, 5.41) is 3.17. The van der Waals surface area contributed by atoms with E-state index in [0.717, 1.165) is 6.42 Å². The minimum absolute atomic E-state index is 0.000301. The average Bonchev–Trinajstić information content (AvgIpc) is 3.22. The summed E-state index contributed by atoms with van der Waals surface area (Å²) in [5.74, 6) is 0.158. The molecule has 1 atom stereocenters. The van der Waals surface area contributed by atoms with Gasteiger partial charge in [-0.05, 0) is 52.2 Å². The third-order valence-corrected chi connectivity index (χ3v) is 4.84. The SMILES string of the molecule is Cc1cccc(C2(c3cccc(C)c3)C[C@H]2C(=O)NC(C)(C)C)c1. The van der Waals surface area contributed by atoms with Crippen molar-refractivity contribution in [2.24, 2.45) is 5.92 Å². The molecule has 0 heterocycles. The highest BCUT2D eigenvalue weighted by Gasteiger charge is 2.60. The third-order valence-electron chi connectivity index (χ3n) is 4.84. The highest BCUT2D eigenvalue weighted by molar-refractivity contribution is 5.86. The number of carbonyl (C=O) groups excluding carboxylic acids is 1. The maximum absolute atomic E-state index is 12.8. The van der Waals surface area contributed by atoms with Crippen molar-refractivity contribution < 1.29 is 4.79 Å². The van der Waals surface area contributed by atoms with Crippen LogP contribution in [0.3, 0.4) is 0 Å². The molecule has 2 aromatic carbocycles. The summed E-state index contributed by atoms with van der Waals surface area (Å²) in [7, 11) is 0. The molecule has 0 spiro atoms. The second-order valence-electron chi connectivity index (χ2n) is 8.21. The van der Waals surface area contributed by atoms with Gasteiger partial charge in [0.15, 0.2) is 0 Å². The number of nitrogens with one attached hydrogen (secondary N) is 1. The number of benzene rings is 2. The zero-order chi connectivity index (χ0) is 17.5. The highest BCUT2D eigenvalue weighted by atomic mass is 16.2. The van der Waals surface area contributed by atoms with E-state index in [-0.39, 0.29) is 22.8 Å². The molecule has 0 aromatic heterocycles. The van der Waals surface area contributed by atoms with Crippen LogP contribution in [0.15, 0.2) is 48.5 Å². The molecule has 2 aromatic rings. The van der Waals surface area contributed by atoms with Crippen molar-refractivity contribution in [1.29, 1.82) is 0 Å². The molecule has 1 saturated carbocycles. The maximum atomic E-state index is 12.8. The van der Waals surface area contributed by atoms with Gasteiger partial charge in [-0.3, -0.25) is 4.79 Å². The fourth-order valence-electron chi connectivity index (χ4n) is 3.69. The smallest absolute Gasteiger partial charge is 0.224 e. The molecular weight excluding hydrogens is 294 g/mol. The van der Waals surface area contributed by atoms with Crippen LogP contribution < -0.4 is 5.32 Å². The quantitative estimate of drug-likeness (QED) is 0.884. The highest BCUT2D eigenvalue weighted by Crippen LogP contribution is 2.59. The molecule has 24 heavy (non-hydrogen) atoms. The van der Waals surface area contributed by atoms with E-state index in [1.807, 2.05) is 20.8 Å². The zero-order valence-corrected chi connectivity index (χ0v) is 15.3. The predicted octanol–water partition coefficient (Wildman–Crippen LogP) is 4.52. The van der Waals surface area contributed by atoms with Gasteiger partial charge >= 0.3 is 0 Å². The van der Waals surface area contributed by atoms with Crippen molar-refractivity contribution in [3.8, 4) is 0 Å². The molecule has 0 unspecified atom stereocenters. The molecule has 1 aliphatic rings. The molecular formula is C22H27NO. The average molecular weight is 321 g/mol.